The highest BCUT2D eigenvalue weighted by atomic mass is 16.5. The maximum atomic E-state index is 5.73. The van der Waals surface area contributed by atoms with E-state index in [2.05, 4.69) is 12.2 Å². The molecular formula is C14H27NO2. The topological polar surface area (TPSA) is 30.5 Å². The number of hydrogen-bond acceptors (Lipinski definition) is 3. The highest BCUT2D eigenvalue weighted by molar-refractivity contribution is 4.76. The van der Waals surface area contributed by atoms with E-state index in [1.54, 1.807) is 0 Å². The summed E-state index contributed by atoms with van der Waals surface area (Å²) in [6.45, 7) is 5.92. The Morgan fingerprint density at radius 3 is 2.76 bits per heavy atom. The van der Waals surface area contributed by atoms with E-state index in [1.165, 1.54) is 38.5 Å². The second-order valence-corrected chi connectivity index (χ2v) is 5.52. The molecule has 3 nitrogen and oxygen atoms in total. The molecule has 2 fully saturated rings. The zero-order chi connectivity index (χ0) is 11.9. The van der Waals surface area contributed by atoms with Gasteiger partial charge < -0.3 is 14.8 Å². The quantitative estimate of drug-likeness (QED) is 0.694. The Hall–Kier alpha value is -0.120. The van der Waals surface area contributed by atoms with E-state index in [1.807, 2.05) is 0 Å². The van der Waals surface area contributed by atoms with Crippen LogP contribution in [0.5, 0.6) is 0 Å². The monoisotopic (exact) mass is 241 g/mol. The molecule has 17 heavy (non-hydrogen) atoms. The minimum absolute atomic E-state index is 0.421. The van der Waals surface area contributed by atoms with Crippen LogP contribution in [-0.2, 0) is 9.47 Å². The molecule has 0 radical (unpaired) electrons. The van der Waals surface area contributed by atoms with E-state index < -0.39 is 0 Å². The molecule has 2 rings (SSSR count). The van der Waals surface area contributed by atoms with Gasteiger partial charge >= 0.3 is 0 Å². The average molecular weight is 241 g/mol. The Kier molecular flexibility index (Phi) is 5.75. The van der Waals surface area contributed by atoms with Crippen molar-refractivity contribution in [2.24, 2.45) is 5.92 Å². The van der Waals surface area contributed by atoms with Crippen molar-refractivity contribution in [3.8, 4) is 0 Å². The lowest BCUT2D eigenvalue weighted by atomic mass is 10.1. The van der Waals surface area contributed by atoms with Crippen molar-refractivity contribution in [1.29, 1.82) is 0 Å². The van der Waals surface area contributed by atoms with Gasteiger partial charge in [0.15, 0.2) is 0 Å². The van der Waals surface area contributed by atoms with Crippen LogP contribution in [0.3, 0.4) is 0 Å². The van der Waals surface area contributed by atoms with Crippen LogP contribution in [0, 0.1) is 5.92 Å². The third kappa shape index (κ3) is 4.57. The van der Waals surface area contributed by atoms with Crippen LogP contribution in [0.15, 0.2) is 0 Å². The summed E-state index contributed by atoms with van der Waals surface area (Å²) in [6, 6.07) is 0.465. The van der Waals surface area contributed by atoms with Crippen LogP contribution in [0.1, 0.15) is 45.4 Å². The van der Waals surface area contributed by atoms with Crippen LogP contribution in [0.4, 0.5) is 0 Å². The van der Waals surface area contributed by atoms with Crippen LogP contribution in [0.2, 0.25) is 0 Å². The van der Waals surface area contributed by atoms with Crippen LogP contribution in [-0.4, -0.2) is 38.5 Å². The van der Waals surface area contributed by atoms with Crippen LogP contribution >= 0.6 is 0 Å². The van der Waals surface area contributed by atoms with Gasteiger partial charge in [0, 0.05) is 25.8 Å². The standard InChI is InChI=1S/C14H27NO2/c1-12(14-7-4-9-17-14)15-8-10-16-11-13-5-2-3-6-13/h12-15H,2-11H2,1H3. The fourth-order valence-corrected chi connectivity index (χ4v) is 2.91. The van der Waals surface area contributed by atoms with Crippen molar-refractivity contribution >= 4 is 0 Å². The van der Waals surface area contributed by atoms with Gasteiger partial charge in [-0.3, -0.25) is 0 Å². The van der Waals surface area contributed by atoms with Gasteiger partial charge in [-0.15, -0.1) is 0 Å². The van der Waals surface area contributed by atoms with Gasteiger partial charge in [-0.05, 0) is 38.5 Å². The summed E-state index contributed by atoms with van der Waals surface area (Å²) in [5, 5.41) is 3.50. The number of ether oxygens (including phenoxy) is 2. The highest BCUT2D eigenvalue weighted by Gasteiger charge is 2.21. The highest BCUT2D eigenvalue weighted by Crippen LogP contribution is 2.24. The first-order chi connectivity index (χ1) is 8.36. The van der Waals surface area contributed by atoms with Gasteiger partial charge in [0.2, 0.25) is 0 Å². The molecule has 1 aliphatic heterocycles. The first-order valence-electron chi connectivity index (χ1n) is 7.29. The Bertz CT molecular complexity index is 198. The van der Waals surface area contributed by atoms with Crippen molar-refractivity contribution in [3.05, 3.63) is 0 Å². The smallest absolute Gasteiger partial charge is 0.0726 e. The zero-order valence-corrected chi connectivity index (χ0v) is 11.1. The lowest BCUT2D eigenvalue weighted by molar-refractivity contribution is 0.0719. The third-order valence-corrected chi connectivity index (χ3v) is 4.06. The average Bonchev–Trinajstić information content (AvgIpc) is 3.01. The number of hydrogen-bond donors (Lipinski definition) is 1. The molecule has 1 N–H and O–H groups in total. The molecule has 2 atom stereocenters. The predicted octanol–water partition coefficient (Wildman–Crippen LogP) is 2.35. The van der Waals surface area contributed by atoms with E-state index >= 15 is 0 Å². The van der Waals surface area contributed by atoms with Crippen molar-refractivity contribution in [2.75, 3.05) is 26.4 Å². The molecule has 0 aromatic carbocycles. The molecule has 1 heterocycles. The molecule has 2 unspecified atom stereocenters. The molecule has 2 aliphatic rings. The van der Waals surface area contributed by atoms with E-state index in [9.17, 15) is 0 Å². The predicted molar refractivity (Wildman–Crippen MR) is 69.2 cm³/mol. The van der Waals surface area contributed by atoms with Gasteiger partial charge in [-0.2, -0.15) is 0 Å². The van der Waals surface area contributed by atoms with E-state index in [0.717, 1.165) is 32.3 Å². The molecular weight excluding hydrogens is 214 g/mol. The van der Waals surface area contributed by atoms with Gasteiger partial charge in [0.1, 0.15) is 0 Å². The summed E-state index contributed by atoms with van der Waals surface area (Å²) in [4.78, 5) is 0. The van der Waals surface area contributed by atoms with Gasteiger partial charge in [-0.25, -0.2) is 0 Å². The number of rotatable bonds is 7. The summed E-state index contributed by atoms with van der Waals surface area (Å²) in [7, 11) is 0. The first kappa shape index (κ1) is 13.3. The Morgan fingerprint density at radius 2 is 2.06 bits per heavy atom. The Labute approximate surface area is 105 Å². The maximum absolute atomic E-state index is 5.73. The zero-order valence-electron chi connectivity index (χ0n) is 11.1. The van der Waals surface area contributed by atoms with Crippen LogP contribution in [0.25, 0.3) is 0 Å². The molecule has 0 spiro atoms. The van der Waals surface area contributed by atoms with Gasteiger partial charge in [0.05, 0.1) is 12.7 Å². The molecule has 0 amide bonds. The van der Waals surface area contributed by atoms with E-state index in [-0.39, 0.29) is 0 Å². The molecule has 1 saturated carbocycles. The van der Waals surface area contributed by atoms with Crippen molar-refractivity contribution in [1.82, 2.24) is 5.32 Å². The van der Waals surface area contributed by atoms with Crippen LogP contribution < -0.4 is 5.32 Å². The van der Waals surface area contributed by atoms with Gasteiger partial charge in [0.25, 0.3) is 0 Å². The summed E-state index contributed by atoms with van der Waals surface area (Å²) in [5.74, 6) is 0.839. The second-order valence-electron chi connectivity index (χ2n) is 5.52. The second kappa shape index (κ2) is 7.34. The minimum atomic E-state index is 0.421. The molecule has 0 bridgehead atoms. The molecule has 0 aromatic heterocycles. The van der Waals surface area contributed by atoms with Crippen molar-refractivity contribution in [2.45, 2.75) is 57.6 Å². The fourth-order valence-electron chi connectivity index (χ4n) is 2.91. The van der Waals surface area contributed by atoms with Gasteiger partial charge in [-0.1, -0.05) is 12.8 Å². The van der Waals surface area contributed by atoms with E-state index in [4.69, 9.17) is 9.47 Å². The van der Waals surface area contributed by atoms with Crippen molar-refractivity contribution < 1.29 is 9.47 Å². The Morgan fingerprint density at radius 1 is 1.24 bits per heavy atom. The number of nitrogens with one attached hydrogen (secondary N) is 1. The SMILES string of the molecule is CC(NCCOCC1CCCC1)C1CCCO1. The third-order valence-electron chi connectivity index (χ3n) is 4.06. The Balaban J connectivity index is 1.45. The molecule has 100 valence electrons. The molecule has 1 saturated heterocycles. The molecule has 1 aliphatic carbocycles. The lowest BCUT2D eigenvalue weighted by Gasteiger charge is -2.20. The summed E-state index contributed by atoms with van der Waals surface area (Å²) >= 11 is 0. The minimum Gasteiger partial charge on any atom is -0.380 e. The fraction of sp³-hybridized carbons (Fsp3) is 1.00. The molecule has 3 heteroatoms. The van der Waals surface area contributed by atoms with Crippen molar-refractivity contribution in [3.63, 3.8) is 0 Å². The normalized spacial score (nSPS) is 27.7. The largest absolute Gasteiger partial charge is 0.380 e. The van der Waals surface area contributed by atoms with E-state index in [0.29, 0.717) is 12.1 Å². The summed E-state index contributed by atoms with van der Waals surface area (Å²) < 4.78 is 11.4. The first-order valence-corrected chi connectivity index (χ1v) is 7.29. The maximum Gasteiger partial charge on any atom is 0.0726 e. The summed E-state index contributed by atoms with van der Waals surface area (Å²) in [6.07, 6.45) is 8.40. The summed E-state index contributed by atoms with van der Waals surface area (Å²) in [5.41, 5.74) is 0. The molecule has 0 aromatic rings. The lowest BCUT2D eigenvalue weighted by Crippen LogP contribution is -2.38.